The zero-order chi connectivity index (χ0) is 12.3. The Bertz CT molecular complexity index is 577. The van der Waals surface area contributed by atoms with Gasteiger partial charge >= 0.3 is 0 Å². The molecule has 1 aromatic carbocycles. The number of hydrogen-bond acceptors (Lipinski definition) is 6. The molecule has 0 aliphatic rings. The van der Waals surface area contributed by atoms with E-state index >= 15 is 0 Å². The van der Waals surface area contributed by atoms with E-state index in [1.165, 1.54) is 12.1 Å². The maximum absolute atomic E-state index is 11.0. The van der Waals surface area contributed by atoms with Gasteiger partial charge in [-0.25, -0.2) is 13.6 Å². The number of benzene rings is 1. The first kappa shape index (κ1) is 11.5. The maximum Gasteiger partial charge on any atom is 0.238 e. The van der Waals surface area contributed by atoms with E-state index in [2.05, 4.69) is 25.9 Å². The second-order valence-electron chi connectivity index (χ2n) is 3.25. The molecule has 2 aromatic rings. The third-order valence-corrected chi connectivity index (χ3v) is 2.95. The van der Waals surface area contributed by atoms with Crippen molar-refractivity contribution in [2.45, 2.75) is 11.4 Å². The van der Waals surface area contributed by atoms with Crippen molar-refractivity contribution in [3.05, 3.63) is 30.1 Å². The van der Waals surface area contributed by atoms with Gasteiger partial charge in [-0.2, -0.15) is 5.21 Å². The molecule has 0 aliphatic heterocycles. The third kappa shape index (κ3) is 2.98. The summed E-state index contributed by atoms with van der Waals surface area (Å²) in [6, 6.07) is 6.07. The number of aromatic amines is 1. The molecular formula is C8H10N6O2S. The van der Waals surface area contributed by atoms with E-state index in [9.17, 15) is 8.42 Å². The highest BCUT2D eigenvalue weighted by atomic mass is 32.2. The van der Waals surface area contributed by atoms with Gasteiger partial charge in [0.2, 0.25) is 10.0 Å². The van der Waals surface area contributed by atoms with Crippen molar-refractivity contribution < 1.29 is 8.42 Å². The number of nitrogens with two attached hydrogens (primary N) is 1. The maximum atomic E-state index is 11.0. The van der Waals surface area contributed by atoms with Crippen molar-refractivity contribution in [3.63, 3.8) is 0 Å². The molecule has 4 N–H and O–H groups in total. The summed E-state index contributed by atoms with van der Waals surface area (Å²) in [6.07, 6.45) is 0. The lowest BCUT2D eigenvalue weighted by Gasteiger charge is -2.04. The minimum absolute atomic E-state index is 0.0719. The van der Waals surface area contributed by atoms with Crippen LogP contribution in [0.4, 0.5) is 5.69 Å². The van der Waals surface area contributed by atoms with Gasteiger partial charge in [0.05, 0.1) is 11.4 Å². The monoisotopic (exact) mass is 254 g/mol. The largest absolute Gasteiger partial charge is 0.378 e. The molecule has 1 aromatic heterocycles. The van der Waals surface area contributed by atoms with Crippen molar-refractivity contribution in [2.24, 2.45) is 5.14 Å². The van der Waals surface area contributed by atoms with Crippen LogP contribution in [0.25, 0.3) is 0 Å². The molecule has 0 fully saturated rings. The summed E-state index contributed by atoms with van der Waals surface area (Å²) >= 11 is 0. The summed E-state index contributed by atoms with van der Waals surface area (Å²) in [5.74, 6) is 0.514. The van der Waals surface area contributed by atoms with Gasteiger partial charge in [0.1, 0.15) is 0 Å². The molecule has 0 unspecified atom stereocenters. The molecule has 0 saturated carbocycles. The normalized spacial score (nSPS) is 11.4. The van der Waals surface area contributed by atoms with Crippen molar-refractivity contribution in [1.29, 1.82) is 0 Å². The van der Waals surface area contributed by atoms with Gasteiger partial charge in [-0.3, -0.25) is 0 Å². The van der Waals surface area contributed by atoms with Gasteiger partial charge in [0.15, 0.2) is 5.82 Å². The van der Waals surface area contributed by atoms with Gasteiger partial charge < -0.3 is 5.32 Å². The van der Waals surface area contributed by atoms with Crippen LogP contribution in [0.3, 0.4) is 0 Å². The van der Waals surface area contributed by atoms with E-state index < -0.39 is 10.0 Å². The summed E-state index contributed by atoms with van der Waals surface area (Å²) in [5, 5.41) is 21.2. The van der Waals surface area contributed by atoms with Crippen LogP contribution in [-0.4, -0.2) is 29.0 Å². The van der Waals surface area contributed by atoms with E-state index in [0.29, 0.717) is 12.4 Å². The Morgan fingerprint density at radius 3 is 2.53 bits per heavy atom. The highest BCUT2D eigenvalue weighted by Crippen LogP contribution is 2.12. The first-order chi connectivity index (χ1) is 8.05. The molecule has 0 saturated heterocycles. The number of sulfonamides is 1. The van der Waals surface area contributed by atoms with Gasteiger partial charge in [0, 0.05) is 5.69 Å². The Labute approximate surface area is 97.3 Å². The molecule has 1 heterocycles. The second-order valence-corrected chi connectivity index (χ2v) is 4.81. The van der Waals surface area contributed by atoms with Crippen LogP contribution in [0.5, 0.6) is 0 Å². The van der Waals surface area contributed by atoms with Crippen LogP contribution in [0, 0.1) is 0 Å². The summed E-state index contributed by atoms with van der Waals surface area (Å²) in [4.78, 5) is 0.0719. The van der Waals surface area contributed by atoms with E-state index in [1.807, 2.05) is 0 Å². The van der Waals surface area contributed by atoms with Gasteiger partial charge in [-0.1, -0.05) is 5.21 Å². The predicted molar refractivity (Wildman–Crippen MR) is 59.3 cm³/mol. The number of aromatic nitrogens is 4. The van der Waals surface area contributed by atoms with E-state index in [0.717, 1.165) is 5.69 Å². The number of nitrogens with zero attached hydrogens (tertiary/aromatic N) is 3. The first-order valence-electron chi connectivity index (χ1n) is 4.65. The smallest absolute Gasteiger partial charge is 0.238 e. The predicted octanol–water partition coefficient (Wildman–Crippen LogP) is -0.541. The highest BCUT2D eigenvalue weighted by Gasteiger charge is 2.06. The average Bonchev–Trinajstić information content (AvgIpc) is 2.78. The number of hydrogen-bond donors (Lipinski definition) is 3. The summed E-state index contributed by atoms with van der Waals surface area (Å²) < 4.78 is 22.0. The quantitative estimate of drug-likeness (QED) is 0.672. The third-order valence-electron chi connectivity index (χ3n) is 2.02. The number of rotatable bonds is 4. The Balaban J connectivity index is 2.04. The Morgan fingerprint density at radius 2 is 2.00 bits per heavy atom. The van der Waals surface area contributed by atoms with E-state index in [4.69, 9.17) is 5.14 Å². The summed E-state index contributed by atoms with van der Waals surface area (Å²) in [5.41, 5.74) is 0.738. The molecule has 0 amide bonds. The topological polar surface area (TPSA) is 127 Å². The summed E-state index contributed by atoms with van der Waals surface area (Å²) in [7, 11) is -3.65. The summed E-state index contributed by atoms with van der Waals surface area (Å²) in [6.45, 7) is 0.394. The average molecular weight is 254 g/mol. The fourth-order valence-corrected chi connectivity index (χ4v) is 1.72. The number of anilines is 1. The molecule has 9 heteroatoms. The molecule has 0 aliphatic carbocycles. The fraction of sp³-hybridized carbons (Fsp3) is 0.125. The number of tetrazole rings is 1. The molecule has 0 atom stereocenters. The Kier molecular flexibility index (Phi) is 3.02. The zero-order valence-corrected chi connectivity index (χ0v) is 9.48. The fourth-order valence-electron chi connectivity index (χ4n) is 1.20. The number of H-pyrrole nitrogens is 1. The Hall–Kier alpha value is -2.00. The molecule has 17 heavy (non-hydrogen) atoms. The van der Waals surface area contributed by atoms with Crippen LogP contribution in [-0.2, 0) is 16.6 Å². The minimum atomic E-state index is -3.65. The standard InChI is InChI=1S/C8H10N6O2S/c9-17(15,16)7-3-1-6(2-4-7)10-5-8-11-13-14-12-8/h1-4,10H,5H2,(H2,9,15,16)(H,11,12,13,14). The van der Waals surface area contributed by atoms with Gasteiger partial charge in [-0.15, -0.1) is 10.2 Å². The number of primary sulfonamides is 1. The van der Waals surface area contributed by atoms with Crippen LogP contribution >= 0.6 is 0 Å². The molecule has 90 valence electrons. The zero-order valence-electron chi connectivity index (χ0n) is 8.66. The van der Waals surface area contributed by atoms with Crippen molar-refractivity contribution in [1.82, 2.24) is 20.6 Å². The molecule has 2 rings (SSSR count). The lowest BCUT2D eigenvalue weighted by atomic mass is 10.3. The van der Waals surface area contributed by atoms with E-state index in [-0.39, 0.29) is 4.90 Å². The second kappa shape index (κ2) is 4.47. The number of nitrogens with one attached hydrogen (secondary N) is 2. The molecule has 0 spiro atoms. The van der Waals surface area contributed by atoms with Crippen LogP contribution in [0.2, 0.25) is 0 Å². The van der Waals surface area contributed by atoms with Crippen molar-refractivity contribution in [3.8, 4) is 0 Å². The SMILES string of the molecule is NS(=O)(=O)c1ccc(NCc2nn[nH]n2)cc1. The highest BCUT2D eigenvalue weighted by molar-refractivity contribution is 7.89. The Morgan fingerprint density at radius 1 is 1.29 bits per heavy atom. The van der Waals surface area contributed by atoms with Crippen molar-refractivity contribution >= 4 is 15.7 Å². The van der Waals surface area contributed by atoms with Crippen molar-refractivity contribution in [2.75, 3.05) is 5.32 Å². The van der Waals surface area contributed by atoms with Crippen LogP contribution < -0.4 is 10.5 Å². The molecular weight excluding hydrogens is 244 g/mol. The molecule has 8 nitrogen and oxygen atoms in total. The lowest BCUT2D eigenvalue weighted by Crippen LogP contribution is -2.12. The van der Waals surface area contributed by atoms with Crippen LogP contribution in [0.15, 0.2) is 29.2 Å². The first-order valence-corrected chi connectivity index (χ1v) is 6.19. The van der Waals surface area contributed by atoms with Crippen LogP contribution in [0.1, 0.15) is 5.82 Å². The minimum Gasteiger partial charge on any atom is -0.378 e. The van der Waals surface area contributed by atoms with Gasteiger partial charge in [-0.05, 0) is 24.3 Å². The molecule has 0 radical (unpaired) electrons. The lowest BCUT2D eigenvalue weighted by molar-refractivity contribution is 0.598. The van der Waals surface area contributed by atoms with Gasteiger partial charge in [0.25, 0.3) is 0 Å². The van der Waals surface area contributed by atoms with E-state index in [1.54, 1.807) is 12.1 Å². The molecule has 0 bridgehead atoms.